The Morgan fingerprint density at radius 1 is 1.42 bits per heavy atom. The number of H-pyrrole nitrogens is 1. The van der Waals surface area contributed by atoms with Gasteiger partial charge in [-0.25, -0.2) is 4.98 Å². The Balaban J connectivity index is 2.13. The number of aromatic amines is 1. The van der Waals surface area contributed by atoms with Crippen molar-refractivity contribution in [1.29, 1.82) is 0 Å². The maximum absolute atomic E-state index is 11.7. The molecule has 0 spiro atoms. The molecule has 7 heteroatoms. The van der Waals surface area contributed by atoms with Gasteiger partial charge in [-0.15, -0.1) is 11.3 Å². The van der Waals surface area contributed by atoms with Crippen LogP contribution >= 0.6 is 22.9 Å². The highest BCUT2D eigenvalue weighted by Crippen LogP contribution is 2.27. The van der Waals surface area contributed by atoms with E-state index in [1.165, 1.54) is 17.4 Å². The third-order valence-electron chi connectivity index (χ3n) is 2.54. The Hall–Kier alpha value is -1.92. The molecule has 0 aliphatic heterocycles. The quantitative estimate of drug-likeness (QED) is 0.789. The highest BCUT2D eigenvalue weighted by molar-refractivity contribution is 7.14. The van der Waals surface area contributed by atoms with Crippen LogP contribution in [-0.4, -0.2) is 19.7 Å². The van der Waals surface area contributed by atoms with Gasteiger partial charge in [0.15, 0.2) is 5.82 Å². The van der Waals surface area contributed by atoms with Crippen LogP contribution in [0.3, 0.4) is 0 Å². The highest BCUT2D eigenvalue weighted by Gasteiger charge is 2.09. The zero-order chi connectivity index (χ0) is 13.4. The highest BCUT2D eigenvalue weighted by atomic mass is 35.5. The Morgan fingerprint density at radius 3 is 2.89 bits per heavy atom. The normalized spacial score (nSPS) is 10.8. The third kappa shape index (κ3) is 2.45. The van der Waals surface area contributed by atoms with Crippen LogP contribution in [0.15, 0.2) is 34.7 Å². The fraction of sp³-hybridized carbons (Fsp3) is 0.0833. The Morgan fingerprint density at radius 2 is 2.26 bits per heavy atom. The topological polar surface area (TPSA) is 63.6 Å². The van der Waals surface area contributed by atoms with Gasteiger partial charge < -0.3 is 4.98 Å². The molecular formula is C12H9ClN4OS. The lowest BCUT2D eigenvalue weighted by molar-refractivity contribution is 0.768. The second kappa shape index (κ2) is 4.64. The number of nitrogens with zero attached hydrogens (tertiary/aromatic N) is 3. The van der Waals surface area contributed by atoms with Crippen molar-refractivity contribution in [3.8, 4) is 22.0 Å². The van der Waals surface area contributed by atoms with E-state index in [1.54, 1.807) is 22.3 Å². The first-order valence-electron chi connectivity index (χ1n) is 5.46. The fourth-order valence-electron chi connectivity index (χ4n) is 1.71. The van der Waals surface area contributed by atoms with Gasteiger partial charge >= 0.3 is 0 Å². The van der Waals surface area contributed by atoms with Crippen molar-refractivity contribution < 1.29 is 0 Å². The molecule has 0 aliphatic carbocycles. The van der Waals surface area contributed by atoms with Crippen LogP contribution in [-0.2, 0) is 7.05 Å². The molecule has 0 radical (unpaired) electrons. The summed E-state index contributed by atoms with van der Waals surface area (Å²) in [5.74, 6) is 0.517. The molecule has 5 nitrogen and oxygen atoms in total. The number of rotatable bonds is 2. The molecule has 3 rings (SSSR count). The molecule has 1 N–H and O–H groups in total. The smallest absolute Gasteiger partial charge is 0.251 e. The molecule has 19 heavy (non-hydrogen) atoms. The lowest BCUT2D eigenvalue weighted by Gasteiger charge is -2.00. The molecular weight excluding hydrogens is 284 g/mol. The predicted molar refractivity (Wildman–Crippen MR) is 75.4 cm³/mol. The molecule has 0 atom stereocenters. The number of nitrogens with one attached hydrogen (secondary N) is 1. The van der Waals surface area contributed by atoms with E-state index < -0.39 is 0 Å². The number of thiophene rings is 1. The number of aryl methyl sites for hydroxylation is 1. The van der Waals surface area contributed by atoms with E-state index in [9.17, 15) is 4.79 Å². The molecule has 0 fully saturated rings. The summed E-state index contributed by atoms with van der Waals surface area (Å²) in [6, 6.07) is 3.23. The molecule has 3 aromatic heterocycles. The van der Waals surface area contributed by atoms with Gasteiger partial charge in [0.05, 0.1) is 21.8 Å². The third-order valence-corrected chi connectivity index (χ3v) is 3.83. The second-order valence-electron chi connectivity index (χ2n) is 4.01. The average molecular weight is 293 g/mol. The number of aromatic nitrogens is 4. The first kappa shape index (κ1) is 12.1. The van der Waals surface area contributed by atoms with Crippen LogP contribution in [0.1, 0.15) is 0 Å². The molecule has 0 saturated carbocycles. The van der Waals surface area contributed by atoms with Crippen LogP contribution < -0.4 is 5.56 Å². The molecule has 0 bridgehead atoms. The zero-order valence-electron chi connectivity index (χ0n) is 9.92. The monoisotopic (exact) mass is 292 g/mol. The van der Waals surface area contributed by atoms with Gasteiger partial charge in [0.1, 0.15) is 0 Å². The average Bonchev–Trinajstić information content (AvgIpc) is 2.97. The zero-order valence-corrected chi connectivity index (χ0v) is 11.5. The van der Waals surface area contributed by atoms with Crippen molar-refractivity contribution >= 4 is 22.9 Å². The summed E-state index contributed by atoms with van der Waals surface area (Å²) in [7, 11) is 1.82. The van der Waals surface area contributed by atoms with E-state index in [-0.39, 0.29) is 5.56 Å². The maximum atomic E-state index is 11.7. The fourth-order valence-corrected chi connectivity index (χ4v) is 2.73. The van der Waals surface area contributed by atoms with E-state index >= 15 is 0 Å². The Bertz CT molecular complexity index is 727. The van der Waals surface area contributed by atoms with Gasteiger partial charge in [-0.05, 0) is 6.07 Å². The molecule has 3 aromatic rings. The first-order chi connectivity index (χ1) is 9.11. The number of hydrogen-bond acceptors (Lipinski definition) is 4. The molecule has 0 unspecified atom stereocenters. The largest absolute Gasteiger partial charge is 0.306 e. The standard InChI is InChI=1S/C12H9ClN4OS/c1-17-5-7(4-14-17)9-3-11(18)16-12(15-9)10-2-8(13)6-19-10/h2-6H,1H3,(H,15,16,18). The summed E-state index contributed by atoms with van der Waals surface area (Å²) < 4.78 is 1.67. The second-order valence-corrected chi connectivity index (χ2v) is 5.36. The SMILES string of the molecule is Cn1cc(-c2cc(=O)[nH]c(-c3cc(Cl)cs3)n2)cn1. The molecule has 0 amide bonds. The van der Waals surface area contributed by atoms with Gasteiger partial charge in [0.2, 0.25) is 0 Å². The molecule has 0 saturated heterocycles. The van der Waals surface area contributed by atoms with Crippen LogP contribution in [0.2, 0.25) is 5.02 Å². The van der Waals surface area contributed by atoms with Crippen molar-refractivity contribution in [3.05, 3.63) is 45.3 Å². The number of hydrogen-bond donors (Lipinski definition) is 1. The van der Waals surface area contributed by atoms with Gasteiger partial charge in [0, 0.05) is 30.3 Å². The van der Waals surface area contributed by atoms with Gasteiger partial charge in [-0.1, -0.05) is 11.6 Å². The number of halogens is 1. The maximum Gasteiger partial charge on any atom is 0.251 e. The molecule has 0 aromatic carbocycles. The van der Waals surface area contributed by atoms with Crippen LogP contribution in [0.5, 0.6) is 0 Å². The van der Waals surface area contributed by atoms with E-state index in [0.29, 0.717) is 16.5 Å². The Labute approximate surface area is 117 Å². The summed E-state index contributed by atoms with van der Waals surface area (Å²) in [6.45, 7) is 0. The van der Waals surface area contributed by atoms with Gasteiger partial charge in [0.25, 0.3) is 5.56 Å². The summed E-state index contributed by atoms with van der Waals surface area (Å²) >= 11 is 7.32. The van der Waals surface area contributed by atoms with Crippen molar-refractivity contribution in [1.82, 2.24) is 19.7 Å². The molecule has 0 aliphatic rings. The van der Waals surface area contributed by atoms with Crippen molar-refractivity contribution in [3.63, 3.8) is 0 Å². The van der Waals surface area contributed by atoms with Crippen LogP contribution in [0, 0.1) is 0 Å². The molecule has 3 heterocycles. The summed E-state index contributed by atoms with van der Waals surface area (Å²) in [5, 5.41) is 6.51. The van der Waals surface area contributed by atoms with Gasteiger partial charge in [-0.3, -0.25) is 9.48 Å². The lowest BCUT2D eigenvalue weighted by atomic mass is 10.2. The van der Waals surface area contributed by atoms with Crippen LogP contribution in [0.4, 0.5) is 0 Å². The van der Waals surface area contributed by atoms with Crippen molar-refractivity contribution in [2.75, 3.05) is 0 Å². The van der Waals surface area contributed by atoms with E-state index in [4.69, 9.17) is 11.6 Å². The molecule has 96 valence electrons. The van der Waals surface area contributed by atoms with Crippen LogP contribution in [0.25, 0.3) is 22.0 Å². The first-order valence-corrected chi connectivity index (χ1v) is 6.72. The summed E-state index contributed by atoms with van der Waals surface area (Å²) in [6.07, 6.45) is 3.49. The predicted octanol–water partition coefficient (Wildman–Crippen LogP) is 2.55. The minimum absolute atomic E-state index is 0.201. The summed E-state index contributed by atoms with van der Waals surface area (Å²) in [4.78, 5) is 19.7. The lowest BCUT2D eigenvalue weighted by Crippen LogP contribution is -2.07. The van der Waals surface area contributed by atoms with E-state index in [0.717, 1.165) is 10.4 Å². The minimum Gasteiger partial charge on any atom is -0.306 e. The van der Waals surface area contributed by atoms with Crippen molar-refractivity contribution in [2.24, 2.45) is 7.05 Å². The van der Waals surface area contributed by atoms with E-state index in [2.05, 4.69) is 15.1 Å². The Kier molecular flexibility index (Phi) is 2.96. The van der Waals surface area contributed by atoms with Crippen molar-refractivity contribution in [2.45, 2.75) is 0 Å². The minimum atomic E-state index is -0.201. The summed E-state index contributed by atoms with van der Waals surface area (Å²) in [5.41, 5.74) is 1.20. The van der Waals surface area contributed by atoms with Gasteiger partial charge in [-0.2, -0.15) is 5.10 Å². The van der Waals surface area contributed by atoms with E-state index in [1.807, 2.05) is 13.2 Å².